The Hall–Kier alpha value is -3.71. The Morgan fingerprint density at radius 3 is 2.35 bits per heavy atom. The van der Waals surface area contributed by atoms with Gasteiger partial charge < -0.3 is 23.8 Å². The van der Waals surface area contributed by atoms with Crippen LogP contribution in [0.3, 0.4) is 0 Å². The summed E-state index contributed by atoms with van der Waals surface area (Å²) in [7, 11) is 0. The molecule has 0 radical (unpaired) electrons. The molecule has 0 saturated carbocycles. The minimum Gasteiger partial charge on any atom is -0.489 e. The molecule has 3 aliphatic rings. The molecule has 0 unspecified atom stereocenters. The summed E-state index contributed by atoms with van der Waals surface area (Å²) in [6, 6.07) is 26.4. The second-order valence-corrected chi connectivity index (χ2v) is 11.1. The lowest BCUT2D eigenvalue weighted by atomic mass is 9.93. The second kappa shape index (κ2) is 12.6. The molecule has 2 fully saturated rings. The minimum atomic E-state index is -0.165. The summed E-state index contributed by atoms with van der Waals surface area (Å²) < 4.78 is 23.7. The number of nitrogens with zero attached hydrogens (tertiary/aromatic N) is 2. The zero-order chi connectivity index (χ0) is 27.1. The summed E-state index contributed by atoms with van der Waals surface area (Å²) in [5.74, 6) is 2.92. The molecule has 3 heterocycles. The van der Waals surface area contributed by atoms with Crippen LogP contribution in [0.25, 0.3) is 0 Å². The zero-order valence-electron chi connectivity index (χ0n) is 23.0. The molecule has 3 aromatic rings. The van der Waals surface area contributed by atoms with E-state index < -0.39 is 0 Å². The first-order valence-corrected chi connectivity index (χ1v) is 14.5. The molecular formula is C33H38N2O5. The first-order chi connectivity index (χ1) is 19.7. The number of cyclic esters (lactones) is 1. The topological polar surface area (TPSA) is 60.5 Å². The highest BCUT2D eigenvalue weighted by molar-refractivity contribution is 5.70. The number of likely N-dealkylation sites (tertiary alicyclic amines) is 1. The minimum absolute atomic E-state index is 0.00783. The molecule has 3 aromatic carbocycles. The highest BCUT2D eigenvalue weighted by Gasteiger charge is 2.34. The molecule has 0 aliphatic carbocycles. The van der Waals surface area contributed by atoms with Crippen LogP contribution < -0.4 is 14.2 Å². The van der Waals surface area contributed by atoms with E-state index in [1.54, 1.807) is 0 Å². The summed E-state index contributed by atoms with van der Waals surface area (Å²) >= 11 is 0. The SMILES string of the molecule is O=C1OC[C@H](Cc2ccccc2)N1CCC1CCN(C[C@H]2COc3ccc(OCc4ccccc4)cc3O2)CC1. The van der Waals surface area contributed by atoms with E-state index in [1.165, 1.54) is 5.56 Å². The van der Waals surface area contributed by atoms with Crippen molar-refractivity contribution in [2.24, 2.45) is 5.92 Å². The van der Waals surface area contributed by atoms with Crippen molar-refractivity contribution in [3.05, 3.63) is 90.0 Å². The molecule has 3 aliphatic heterocycles. The molecule has 6 rings (SSSR count). The quantitative estimate of drug-likeness (QED) is 0.334. The maximum absolute atomic E-state index is 12.4. The number of fused-ring (bicyclic) bond motifs is 1. The summed E-state index contributed by atoms with van der Waals surface area (Å²) in [5, 5.41) is 0. The van der Waals surface area contributed by atoms with Crippen LogP contribution >= 0.6 is 0 Å². The fourth-order valence-corrected chi connectivity index (χ4v) is 5.90. The van der Waals surface area contributed by atoms with E-state index in [9.17, 15) is 4.79 Å². The van der Waals surface area contributed by atoms with Crippen LogP contribution in [0.2, 0.25) is 0 Å². The third-order valence-electron chi connectivity index (χ3n) is 8.22. The van der Waals surface area contributed by atoms with Crippen molar-refractivity contribution in [2.45, 2.75) is 44.4 Å². The van der Waals surface area contributed by atoms with Gasteiger partial charge in [-0.25, -0.2) is 4.79 Å². The second-order valence-electron chi connectivity index (χ2n) is 11.1. The molecule has 40 heavy (non-hydrogen) atoms. The molecule has 2 atom stereocenters. The Labute approximate surface area is 236 Å². The van der Waals surface area contributed by atoms with Gasteiger partial charge in [-0.15, -0.1) is 0 Å². The van der Waals surface area contributed by atoms with Crippen LogP contribution in [0.5, 0.6) is 17.2 Å². The van der Waals surface area contributed by atoms with E-state index in [2.05, 4.69) is 29.2 Å². The Morgan fingerprint density at radius 2 is 1.57 bits per heavy atom. The normalized spacial score (nSPS) is 21.3. The van der Waals surface area contributed by atoms with E-state index in [0.717, 1.165) is 74.7 Å². The summed E-state index contributed by atoms with van der Waals surface area (Å²) in [6.07, 6.45) is 3.96. The van der Waals surface area contributed by atoms with Crippen molar-refractivity contribution in [1.29, 1.82) is 0 Å². The maximum Gasteiger partial charge on any atom is 0.410 e. The predicted octanol–water partition coefficient (Wildman–Crippen LogP) is 5.57. The lowest BCUT2D eigenvalue weighted by molar-refractivity contribution is 0.0462. The number of hydrogen-bond donors (Lipinski definition) is 0. The fourth-order valence-electron chi connectivity index (χ4n) is 5.90. The number of hydrogen-bond acceptors (Lipinski definition) is 6. The fraction of sp³-hybridized carbons (Fsp3) is 0.424. The van der Waals surface area contributed by atoms with E-state index in [-0.39, 0.29) is 18.2 Å². The van der Waals surface area contributed by atoms with Gasteiger partial charge in [0.05, 0.1) is 6.04 Å². The Bertz CT molecular complexity index is 1250. The Balaban J connectivity index is 0.941. The van der Waals surface area contributed by atoms with Crippen LogP contribution in [0.15, 0.2) is 78.9 Å². The zero-order valence-corrected chi connectivity index (χ0v) is 23.0. The molecule has 0 bridgehead atoms. The lowest BCUT2D eigenvalue weighted by Crippen LogP contribution is -2.44. The van der Waals surface area contributed by atoms with Crippen molar-refractivity contribution < 1.29 is 23.7 Å². The van der Waals surface area contributed by atoms with Crippen molar-refractivity contribution in [3.8, 4) is 17.2 Å². The van der Waals surface area contributed by atoms with Gasteiger partial charge in [-0.2, -0.15) is 0 Å². The molecule has 0 aromatic heterocycles. The average molecular weight is 543 g/mol. The summed E-state index contributed by atoms with van der Waals surface area (Å²) in [6.45, 7) is 5.25. The van der Waals surface area contributed by atoms with E-state index in [1.807, 2.05) is 59.5 Å². The van der Waals surface area contributed by atoms with Gasteiger partial charge in [0.2, 0.25) is 0 Å². The number of carbonyl (C=O) groups is 1. The molecule has 2 saturated heterocycles. The molecule has 210 valence electrons. The highest BCUT2D eigenvalue weighted by Crippen LogP contribution is 2.36. The Kier molecular flexibility index (Phi) is 8.38. The van der Waals surface area contributed by atoms with E-state index >= 15 is 0 Å². The summed E-state index contributed by atoms with van der Waals surface area (Å²) in [5.41, 5.74) is 2.38. The van der Waals surface area contributed by atoms with Gasteiger partial charge in [-0.1, -0.05) is 60.7 Å². The van der Waals surface area contributed by atoms with Gasteiger partial charge in [0, 0.05) is 19.2 Å². The van der Waals surface area contributed by atoms with E-state index in [0.29, 0.717) is 25.7 Å². The number of ether oxygens (including phenoxy) is 4. The molecule has 0 N–H and O–H groups in total. The Morgan fingerprint density at radius 1 is 0.825 bits per heavy atom. The molecule has 7 heteroatoms. The van der Waals surface area contributed by atoms with Crippen LogP contribution in [-0.2, 0) is 17.8 Å². The number of rotatable bonds is 10. The number of amides is 1. The largest absolute Gasteiger partial charge is 0.489 e. The third-order valence-corrected chi connectivity index (χ3v) is 8.22. The van der Waals surface area contributed by atoms with Crippen LogP contribution in [0, 0.1) is 5.92 Å². The first kappa shape index (κ1) is 26.5. The average Bonchev–Trinajstić information content (AvgIpc) is 3.34. The predicted molar refractivity (Wildman–Crippen MR) is 153 cm³/mol. The van der Waals surface area contributed by atoms with Gasteiger partial charge in [0.25, 0.3) is 0 Å². The monoisotopic (exact) mass is 542 g/mol. The third kappa shape index (κ3) is 6.70. The maximum atomic E-state index is 12.4. The van der Waals surface area contributed by atoms with Crippen molar-refractivity contribution in [1.82, 2.24) is 9.80 Å². The summed E-state index contributed by atoms with van der Waals surface area (Å²) in [4.78, 5) is 16.8. The van der Waals surface area contributed by atoms with Crippen LogP contribution in [0.1, 0.15) is 30.4 Å². The van der Waals surface area contributed by atoms with Crippen LogP contribution in [-0.4, -0.2) is 67.4 Å². The van der Waals surface area contributed by atoms with Gasteiger partial charge in [-0.05, 0) is 68.0 Å². The molecule has 1 amide bonds. The molecular weight excluding hydrogens is 504 g/mol. The van der Waals surface area contributed by atoms with Crippen LogP contribution in [0.4, 0.5) is 4.79 Å². The number of piperidine rings is 1. The molecule has 7 nitrogen and oxygen atoms in total. The lowest BCUT2D eigenvalue weighted by Gasteiger charge is -2.36. The number of benzene rings is 3. The van der Waals surface area contributed by atoms with Gasteiger partial charge in [0.15, 0.2) is 11.5 Å². The van der Waals surface area contributed by atoms with E-state index in [4.69, 9.17) is 18.9 Å². The smallest absolute Gasteiger partial charge is 0.410 e. The first-order valence-electron chi connectivity index (χ1n) is 14.5. The highest BCUT2D eigenvalue weighted by atomic mass is 16.6. The van der Waals surface area contributed by atoms with Crippen molar-refractivity contribution >= 4 is 6.09 Å². The van der Waals surface area contributed by atoms with Gasteiger partial charge in [-0.3, -0.25) is 4.90 Å². The van der Waals surface area contributed by atoms with Gasteiger partial charge >= 0.3 is 6.09 Å². The number of carbonyl (C=O) groups excluding carboxylic acids is 1. The van der Waals surface area contributed by atoms with Crippen molar-refractivity contribution in [3.63, 3.8) is 0 Å². The molecule has 0 spiro atoms. The van der Waals surface area contributed by atoms with Crippen molar-refractivity contribution in [2.75, 3.05) is 39.4 Å². The standard InChI is InChI=1S/C33H38N2O5/c36-33-35(28(23-39-33)19-26-7-3-1-4-8-26)18-15-25-13-16-34(17-14-25)21-30-24-38-31-12-11-29(20-32(31)40-30)37-22-27-9-5-2-6-10-27/h1-12,20,25,28,30H,13-19,21-24H2/t28-,30-/m0/s1. The van der Waals surface area contributed by atoms with Gasteiger partial charge in [0.1, 0.15) is 31.7 Å².